The molecule has 5 aromatic rings. The van der Waals surface area contributed by atoms with Crippen molar-refractivity contribution in [2.45, 2.75) is 0 Å². The van der Waals surface area contributed by atoms with Gasteiger partial charge < -0.3 is 0 Å². The summed E-state index contributed by atoms with van der Waals surface area (Å²) in [4.78, 5) is 84.4. The molecule has 0 spiro atoms. The van der Waals surface area contributed by atoms with Gasteiger partial charge in [0.15, 0.2) is 34.7 Å². The van der Waals surface area contributed by atoms with Crippen LogP contribution in [-0.4, -0.2) is 34.7 Å². The average Bonchev–Trinajstić information content (AvgIpc) is 3.08. The van der Waals surface area contributed by atoms with Crippen LogP contribution < -0.4 is 0 Å². The van der Waals surface area contributed by atoms with Crippen LogP contribution in [0.15, 0.2) is 121 Å². The van der Waals surface area contributed by atoms with E-state index in [4.69, 9.17) is 0 Å². The Morgan fingerprint density at radius 2 is 0.909 bits per heavy atom. The molecule has 0 amide bonds. The van der Waals surface area contributed by atoms with E-state index in [1.165, 1.54) is 30.3 Å². The minimum absolute atomic E-state index is 0.0941. The molecule has 0 bridgehead atoms. The third kappa shape index (κ3) is 4.04. The Morgan fingerprint density at radius 1 is 0.432 bits per heavy atom. The molecule has 5 aromatic carbocycles. The highest BCUT2D eigenvalue weighted by atomic mass is 16.2. The zero-order chi connectivity index (χ0) is 30.5. The van der Waals surface area contributed by atoms with Gasteiger partial charge >= 0.3 is 0 Å². The standard InChI is InChI=1S/C38H20O6/c39-30-20-29(36(42)24-16-8-7-15-23(24)30)31-32(35(41)22-13-5-2-6-14-22)27(34(40)21-11-3-1-4-12-21)19-28-33(31)38(44)26-18-10-9-17-25(26)37(28)43/h1-20H. The molecule has 0 radical (unpaired) electrons. The van der Waals surface area contributed by atoms with Gasteiger partial charge in [0.2, 0.25) is 0 Å². The van der Waals surface area contributed by atoms with Crippen LogP contribution in [0.5, 0.6) is 0 Å². The minimum Gasteiger partial charge on any atom is -0.289 e. The maximum absolute atomic E-state index is 14.4. The van der Waals surface area contributed by atoms with Crippen LogP contribution in [-0.2, 0) is 0 Å². The number of ketones is 6. The van der Waals surface area contributed by atoms with E-state index < -0.39 is 34.7 Å². The molecule has 0 aliphatic heterocycles. The number of fused-ring (bicyclic) bond motifs is 3. The maximum Gasteiger partial charge on any atom is 0.195 e. The van der Waals surface area contributed by atoms with Crippen molar-refractivity contribution in [3.8, 4) is 0 Å². The van der Waals surface area contributed by atoms with Crippen LogP contribution >= 0.6 is 0 Å². The van der Waals surface area contributed by atoms with E-state index in [1.54, 1.807) is 84.9 Å². The molecular formula is C38H20O6. The molecule has 0 saturated carbocycles. The summed E-state index contributed by atoms with van der Waals surface area (Å²) in [5.74, 6) is -3.45. The lowest BCUT2D eigenvalue weighted by molar-refractivity contribution is 0.0973. The van der Waals surface area contributed by atoms with Crippen molar-refractivity contribution >= 4 is 40.3 Å². The number of benzene rings is 5. The van der Waals surface area contributed by atoms with E-state index in [0.717, 1.165) is 6.08 Å². The van der Waals surface area contributed by atoms with Crippen LogP contribution in [0.25, 0.3) is 5.57 Å². The third-order valence-electron chi connectivity index (χ3n) is 7.99. The highest BCUT2D eigenvalue weighted by molar-refractivity contribution is 6.43. The van der Waals surface area contributed by atoms with Gasteiger partial charge in [-0.3, -0.25) is 28.8 Å². The SMILES string of the molecule is O=C1C=C(c2c(C(=O)c3ccccc3)c(C(=O)c3ccccc3)cc3c2C(=O)c2ccccc2C3=O)C(=O)c2ccccc21. The smallest absolute Gasteiger partial charge is 0.195 e. The predicted octanol–water partition coefficient (Wildman–Crippen LogP) is 6.39. The summed E-state index contributed by atoms with van der Waals surface area (Å²) in [6, 6.07) is 30.2. The van der Waals surface area contributed by atoms with Crippen molar-refractivity contribution in [1.82, 2.24) is 0 Å². The fraction of sp³-hybridized carbons (Fsp3) is 0. The van der Waals surface area contributed by atoms with E-state index >= 15 is 0 Å². The number of Topliss-reactive ketones (excluding diaryl/α,β-unsaturated/α-hetero) is 1. The molecule has 0 unspecified atom stereocenters. The largest absolute Gasteiger partial charge is 0.289 e. The minimum atomic E-state index is -0.637. The molecule has 0 N–H and O–H groups in total. The van der Waals surface area contributed by atoms with Crippen LogP contribution in [0, 0.1) is 0 Å². The zero-order valence-corrected chi connectivity index (χ0v) is 23.0. The summed E-state index contributed by atoms with van der Waals surface area (Å²) in [6.07, 6.45) is 1.09. The van der Waals surface area contributed by atoms with Crippen LogP contribution in [0.1, 0.15) is 90.0 Å². The lowest BCUT2D eigenvalue weighted by Gasteiger charge is -2.26. The van der Waals surface area contributed by atoms with E-state index in [-0.39, 0.29) is 66.8 Å². The van der Waals surface area contributed by atoms with Gasteiger partial charge in [0, 0.05) is 66.8 Å². The van der Waals surface area contributed by atoms with Crippen molar-refractivity contribution in [1.29, 1.82) is 0 Å². The number of hydrogen-bond donors (Lipinski definition) is 0. The molecule has 2 aliphatic rings. The molecule has 6 nitrogen and oxygen atoms in total. The summed E-state index contributed by atoms with van der Waals surface area (Å²) in [7, 11) is 0. The lowest BCUT2D eigenvalue weighted by atomic mass is 9.73. The van der Waals surface area contributed by atoms with Crippen molar-refractivity contribution < 1.29 is 28.8 Å². The Morgan fingerprint density at radius 3 is 1.50 bits per heavy atom. The van der Waals surface area contributed by atoms with Gasteiger partial charge in [0.25, 0.3) is 0 Å². The van der Waals surface area contributed by atoms with E-state index in [2.05, 4.69) is 0 Å². The maximum atomic E-state index is 14.4. The molecular weight excluding hydrogens is 552 g/mol. The number of rotatable bonds is 5. The summed E-state index contributed by atoms with van der Waals surface area (Å²) in [6.45, 7) is 0. The highest BCUT2D eigenvalue weighted by Gasteiger charge is 2.40. The lowest BCUT2D eigenvalue weighted by Crippen LogP contribution is -2.28. The van der Waals surface area contributed by atoms with Crippen LogP contribution in [0.3, 0.4) is 0 Å². The molecule has 0 saturated heterocycles. The topological polar surface area (TPSA) is 102 Å². The quantitative estimate of drug-likeness (QED) is 0.222. The van der Waals surface area contributed by atoms with E-state index in [9.17, 15) is 28.8 Å². The highest BCUT2D eigenvalue weighted by Crippen LogP contribution is 2.40. The van der Waals surface area contributed by atoms with Gasteiger partial charge in [-0.2, -0.15) is 0 Å². The van der Waals surface area contributed by atoms with Crippen LogP contribution in [0.2, 0.25) is 0 Å². The molecule has 208 valence electrons. The number of allylic oxidation sites excluding steroid dienone is 2. The Bertz CT molecular complexity index is 2150. The van der Waals surface area contributed by atoms with Gasteiger partial charge in [0.1, 0.15) is 0 Å². The molecule has 7 rings (SSSR count). The first-order chi connectivity index (χ1) is 21.4. The van der Waals surface area contributed by atoms with Gasteiger partial charge in [-0.1, -0.05) is 109 Å². The van der Waals surface area contributed by atoms with Crippen molar-refractivity contribution in [3.63, 3.8) is 0 Å². The van der Waals surface area contributed by atoms with Gasteiger partial charge in [0.05, 0.1) is 0 Å². The normalized spacial score (nSPS) is 13.5. The Kier molecular flexibility index (Phi) is 6.26. The second-order valence-electron chi connectivity index (χ2n) is 10.5. The summed E-state index contributed by atoms with van der Waals surface area (Å²) in [5, 5.41) is 0. The second-order valence-corrected chi connectivity index (χ2v) is 10.5. The molecule has 0 atom stereocenters. The van der Waals surface area contributed by atoms with Gasteiger partial charge in [-0.25, -0.2) is 0 Å². The van der Waals surface area contributed by atoms with Crippen molar-refractivity contribution in [3.05, 3.63) is 183 Å². The first-order valence-electron chi connectivity index (χ1n) is 13.9. The number of carbonyl (C=O) groups is 6. The summed E-state index contributed by atoms with van der Waals surface area (Å²) in [5.41, 5.74) is -0.172. The van der Waals surface area contributed by atoms with Crippen molar-refractivity contribution in [2.24, 2.45) is 0 Å². The first-order valence-corrected chi connectivity index (χ1v) is 13.9. The molecule has 2 aliphatic carbocycles. The second kappa shape index (κ2) is 10.3. The zero-order valence-electron chi connectivity index (χ0n) is 23.0. The van der Waals surface area contributed by atoms with E-state index in [1.807, 2.05) is 0 Å². The van der Waals surface area contributed by atoms with Crippen molar-refractivity contribution in [2.75, 3.05) is 0 Å². The fourth-order valence-electron chi connectivity index (χ4n) is 5.92. The predicted molar refractivity (Wildman–Crippen MR) is 163 cm³/mol. The fourth-order valence-corrected chi connectivity index (χ4v) is 5.92. The molecule has 0 fully saturated rings. The molecule has 0 aromatic heterocycles. The van der Waals surface area contributed by atoms with E-state index in [0.29, 0.717) is 0 Å². The number of hydrogen-bond acceptors (Lipinski definition) is 6. The molecule has 0 heterocycles. The average molecular weight is 573 g/mol. The monoisotopic (exact) mass is 572 g/mol. The molecule has 6 heteroatoms. The first kappa shape index (κ1) is 26.7. The Hall–Kier alpha value is -6.14. The number of carbonyl (C=O) groups excluding carboxylic acids is 6. The van der Waals surface area contributed by atoms with Crippen LogP contribution in [0.4, 0.5) is 0 Å². The third-order valence-corrected chi connectivity index (χ3v) is 7.99. The molecule has 44 heavy (non-hydrogen) atoms. The van der Waals surface area contributed by atoms with Gasteiger partial charge in [-0.05, 0) is 12.1 Å². The Labute approximate surface area is 251 Å². The summed E-state index contributed by atoms with van der Waals surface area (Å²) >= 11 is 0. The summed E-state index contributed by atoms with van der Waals surface area (Å²) < 4.78 is 0. The Balaban J connectivity index is 1.63. The van der Waals surface area contributed by atoms with Gasteiger partial charge in [-0.15, -0.1) is 0 Å².